The van der Waals surface area contributed by atoms with Crippen molar-refractivity contribution in [3.05, 3.63) is 70.9 Å². The third-order valence-corrected chi connectivity index (χ3v) is 7.69. The van der Waals surface area contributed by atoms with Gasteiger partial charge in [0.25, 0.3) is 15.9 Å². The molecule has 1 fully saturated rings. The summed E-state index contributed by atoms with van der Waals surface area (Å²) < 4.78 is 39.0. The molecule has 9 nitrogen and oxygen atoms in total. The van der Waals surface area contributed by atoms with Crippen LogP contribution in [0.2, 0.25) is 5.02 Å². The van der Waals surface area contributed by atoms with E-state index < -0.39 is 15.9 Å². The standard InChI is InChI=1S/C26H29ClN4O5S/c1-17-14-26(2,3)31(15-17)24-19(7-6-12-28-24)25(32)30-37(33,34)23-9-5-8-22(29-23)36-16-18-10-11-21(35-4)20(27)13-18/h5-13,17H,14-16H2,1-4H3,(H,30,32). The molecule has 1 unspecified atom stereocenters. The van der Waals surface area contributed by atoms with Crippen molar-refractivity contribution >= 4 is 33.3 Å². The Kier molecular flexibility index (Phi) is 7.61. The third-order valence-electron chi connectivity index (χ3n) is 6.16. The van der Waals surface area contributed by atoms with Gasteiger partial charge >= 0.3 is 0 Å². The van der Waals surface area contributed by atoms with E-state index in [1.54, 1.807) is 36.5 Å². The summed E-state index contributed by atoms with van der Waals surface area (Å²) in [5.74, 6) is 0.703. The molecule has 1 N–H and O–H groups in total. The summed E-state index contributed by atoms with van der Waals surface area (Å²) in [5.41, 5.74) is 0.706. The second kappa shape index (κ2) is 10.5. The Hall–Kier alpha value is -3.37. The smallest absolute Gasteiger partial charge is 0.281 e. The Morgan fingerprint density at radius 2 is 2.00 bits per heavy atom. The second-order valence-corrected chi connectivity index (χ2v) is 11.6. The quantitative estimate of drug-likeness (QED) is 0.442. The van der Waals surface area contributed by atoms with E-state index in [1.807, 2.05) is 0 Å². The molecule has 1 aliphatic rings. The number of nitrogens with zero attached hydrogens (tertiary/aromatic N) is 3. The molecule has 196 valence electrons. The second-order valence-electron chi connectivity index (χ2n) is 9.61. The van der Waals surface area contributed by atoms with Gasteiger partial charge in [-0.2, -0.15) is 13.4 Å². The topological polar surface area (TPSA) is 111 Å². The average Bonchev–Trinajstić information content (AvgIpc) is 3.14. The molecular weight excluding hydrogens is 516 g/mol. The zero-order chi connectivity index (χ0) is 26.8. The van der Waals surface area contributed by atoms with E-state index in [-0.39, 0.29) is 28.6 Å². The molecule has 4 rings (SSSR count). The van der Waals surface area contributed by atoms with Crippen LogP contribution >= 0.6 is 11.6 Å². The van der Waals surface area contributed by atoms with Crippen molar-refractivity contribution in [2.24, 2.45) is 5.92 Å². The largest absolute Gasteiger partial charge is 0.495 e. The minimum atomic E-state index is -4.28. The van der Waals surface area contributed by atoms with Gasteiger partial charge < -0.3 is 14.4 Å². The number of hydrogen-bond donors (Lipinski definition) is 1. The fraction of sp³-hybridized carbons (Fsp3) is 0.346. The minimum Gasteiger partial charge on any atom is -0.495 e. The molecule has 1 aliphatic heterocycles. The summed E-state index contributed by atoms with van der Waals surface area (Å²) in [4.78, 5) is 23.7. The Bertz CT molecular complexity index is 1410. The van der Waals surface area contributed by atoms with E-state index in [2.05, 4.69) is 40.4 Å². The van der Waals surface area contributed by atoms with Crippen LogP contribution in [0.4, 0.5) is 5.82 Å². The molecule has 3 aromatic rings. The highest BCUT2D eigenvalue weighted by atomic mass is 35.5. The number of halogens is 1. The van der Waals surface area contributed by atoms with Crippen molar-refractivity contribution in [2.75, 3.05) is 18.6 Å². The van der Waals surface area contributed by atoms with Gasteiger partial charge in [0.1, 0.15) is 18.2 Å². The van der Waals surface area contributed by atoms with E-state index in [9.17, 15) is 13.2 Å². The number of aromatic nitrogens is 2. The van der Waals surface area contributed by atoms with Gasteiger partial charge in [0.2, 0.25) is 5.88 Å². The van der Waals surface area contributed by atoms with Crippen molar-refractivity contribution < 1.29 is 22.7 Å². The van der Waals surface area contributed by atoms with Crippen LogP contribution < -0.4 is 19.1 Å². The number of anilines is 1. The fourth-order valence-corrected chi connectivity index (χ4v) is 5.77. The SMILES string of the molecule is COc1ccc(COc2cccc(S(=O)(=O)NC(=O)c3cccnc3N3CC(C)CC3(C)C)n2)cc1Cl. The number of rotatable bonds is 8. The van der Waals surface area contributed by atoms with Crippen LogP contribution in [0.1, 0.15) is 43.1 Å². The monoisotopic (exact) mass is 544 g/mol. The number of sulfonamides is 1. The average molecular weight is 545 g/mol. The van der Waals surface area contributed by atoms with Gasteiger partial charge in [-0.05, 0) is 62.1 Å². The molecule has 1 saturated heterocycles. The van der Waals surface area contributed by atoms with Gasteiger partial charge in [0.05, 0.1) is 17.7 Å². The van der Waals surface area contributed by atoms with Crippen molar-refractivity contribution in [2.45, 2.75) is 44.4 Å². The van der Waals surface area contributed by atoms with Crippen LogP contribution in [0.15, 0.2) is 59.8 Å². The van der Waals surface area contributed by atoms with E-state index in [4.69, 9.17) is 21.1 Å². The number of carbonyl (C=O) groups excluding carboxylic acids is 1. The number of hydrogen-bond acceptors (Lipinski definition) is 8. The maximum atomic E-state index is 13.1. The molecule has 1 aromatic carbocycles. The predicted molar refractivity (Wildman–Crippen MR) is 141 cm³/mol. The molecule has 3 heterocycles. The van der Waals surface area contributed by atoms with Crippen molar-refractivity contribution in [1.29, 1.82) is 0 Å². The summed E-state index contributed by atoms with van der Waals surface area (Å²) in [6.45, 7) is 7.13. The number of carbonyl (C=O) groups is 1. The molecule has 1 amide bonds. The summed E-state index contributed by atoms with van der Waals surface area (Å²) in [5, 5.41) is 0.0869. The van der Waals surface area contributed by atoms with Crippen molar-refractivity contribution in [3.8, 4) is 11.6 Å². The minimum absolute atomic E-state index is 0.0807. The lowest BCUT2D eigenvalue weighted by atomic mass is 9.97. The van der Waals surface area contributed by atoms with Gasteiger partial charge in [0.15, 0.2) is 5.03 Å². The lowest BCUT2D eigenvalue weighted by Gasteiger charge is -2.33. The van der Waals surface area contributed by atoms with Crippen LogP contribution in [-0.2, 0) is 16.6 Å². The van der Waals surface area contributed by atoms with Gasteiger partial charge in [0, 0.05) is 24.3 Å². The van der Waals surface area contributed by atoms with Gasteiger partial charge in [-0.15, -0.1) is 0 Å². The molecule has 0 bridgehead atoms. The summed E-state index contributed by atoms with van der Waals surface area (Å²) in [6.07, 6.45) is 2.53. The van der Waals surface area contributed by atoms with E-state index in [0.29, 0.717) is 22.5 Å². The van der Waals surface area contributed by atoms with E-state index >= 15 is 0 Å². The number of amides is 1. The molecule has 0 spiro atoms. The predicted octanol–water partition coefficient (Wildman–Crippen LogP) is 4.46. The third kappa shape index (κ3) is 5.97. The van der Waals surface area contributed by atoms with Crippen molar-refractivity contribution in [1.82, 2.24) is 14.7 Å². The molecular formula is C26H29ClN4O5S. The normalized spacial score (nSPS) is 16.9. The maximum absolute atomic E-state index is 13.1. The Morgan fingerprint density at radius 1 is 1.22 bits per heavy atom. The molecule has 2 aromatic heterocycles. The summed E-state index contributed by atoms with van der Waals surface area (Å²) in [6, 6.07) is 12.7. The zero-order valence-corrected chi connectivity index (χ0v) is 22.6. The van der Waals surface area contributed by atoms with Gasteiger partial charge in [-0.1, -0.05) is 30.7 Å². The lowest BCUT2D eigenvalue weighted by Crippen LogP contribution is -2.41. The first-order chi connectivity index (χ1) is 17.5. The highest BCUT2D eigenvalue weighted by Crippen LogP contribution is 2.37. The number of methoxy groups -OCH3 is 1. The van der Waals surface area contributed by atoms with E-state index in [0.717, 1.165) is 18.5 Å². The van der Waals surface area contributed by atoms with Crippen LogP contribution in [0.25, 0.3) is 0 Å². The summed E-state index contributed by atoms with van der Waals surface area (Å²) in [7, 11) is -2.76. The molecule has 0 radical (unpaired) electrons. The number of nitrogens with one attached hydrogen (secondary N) is 1. The molecule has 0 saturated carbocycles. The first-order valence-electron chi connectivity index (χ1n) is 11.7. The molecule has 1 atom stereocenters. The Balaban J connectivity index is 1.50. The Labute approximate surface area is 221 Å². The zero-order valence-electron chi connectivity index (χ0n) is 21.1. The first-order valence-corrected chi connectivity index (χ1v) is 13.6. The Morgan fingerprint density at radius 3 is 2.68 bits per heavy atom. The fourth-order valence-electron chi connectivity index (χ4n) is 4.56. The van der Waals surface area contributed by atoms with Crippen LogP contribution in [0.5, 0.6) is 11.6 Å². The number of pyridine rings is 2. The van der Waals surface area contributed by atoms with Crippen LogP contribution in [-0.4, -0.2) is 43.5 Å². The van der Waals surface area contributed by atoms with Gasteiger partial charge in [-0.25, -0.2) is 9.71 Å². The first kappa shape index (κ1) is 26.7. The maximum Gasteiger partial charge on any atom is 0.281 e. The number of benzene rings is 1. The number of ether oxygens (including phenoxy) is 2. The van der Waals surface area contributed by atoms with Gasteiger partial charge in [-0.3, -0.25) is 4.79 Å². The van der Waals surface area contributed by atoms with Crippen LogP contribution in [0, 0.1) is 5.92 Å². The molecule has 11 heteroatoms. The van der Waals surface area contributed by atoms with Crippen molar-refractivity contribution in [3.63, 3.8) is 0 Å². The summed E-state index contributed by atoms with van der Waals surface area (Å²) >= 11 is 6.15. The lowest BCUT2D eigenvalue weighted by molar-refractivity contribution is 0.0981. The van der Waals surface area contributed by atoms with E-state index in [1.165, 1.54) is 25.3 Å². The van der Waals surface area contributed by atoms with Crippen LogP contribution in [0.3, 0.4) is 0 Å². The molecule has 0 aliphatic carbocycles. The molecule has 37 heavy (non-hydrogen) atoms. The highest BCUT2D eigenvalue weighted by Gasteiger charge is 2.39. The highest BCUT2D eigenvalue weighted by molar-refractivity contribution is 7.90.